The Morgan fingerprint density at radius 1 is 1.10 bits per heavy atom. The van der Waals surface area contributed by atoms with E-state index in [0.717, 1.165) is 5.56 Å². The molecule has 0 radical (unpaired) electrons. The molecule has 0 spiro atoms. The fourth-order valence-electron chi connectivity index (χ4n) is 2.87. The number of nitrogens with two attached hydrogens (primary N) is 1. The van der Waals surface area contributed by atoms with E-state index >= 15 is 0 Å². The SMILES string of the molecule is COc1cccc(-c2c(C#N)c(N)[nH]c(=O)c2C#N)c1OCc1ccc(Cl)cc1. The summed E-state index contributed by atoms with van der Waals surface area (Å²) in [6, 6.07) is 15.9. The first-order valence-corrected chi connectivity index (χ1v) is 8.78. The van der Waals surface area contributed by atoms with Crippen molar-refractivity contribution < 1.29 is 9.47 Å². The van der Waals surface area contributed by atoms with Crippen molar-refractivity contribution in [2.24, 2.45) is 0 Å². The number of anilines is 1. The molecule has 0 saturated carbocycles. The maximum atomic E-state index is 12.3. The summed E-state index contributed by atoms with van der Waals surface area (Å²) in [7, 11) is 1.47. The van der Waals surface area contributed by atoms with Crippen molar-refractivity contribution >= 4 is 17.4 Å². The maximum absolute atomic E-state index is 12.3. The molecular formula is C21H15ClN4O3. The largest absolute Gasteiger partial charge is 0.493 e. The van der Waals surface area contributed by atoms with E-state index in [0.29, 0.717) is 16.3 Å². The van der Waals surface area contributed by atoms with Crippen LogP contribution in [0.1, 0.15) is 16.7 Å². The molecule has 0 aliphatic carbocycles. The molecule has 29 heavy (non-hydrogen) atoms. The van der Waals surface area contributed by atoms with Crippen molar-refractivity contribution in [3.63, 3.8) is 0 Å². The third-order valence-electron chi connectivity index (χ3n) is 4.23. The average Bonchev–Trinajstić information content (AvgIpc) is 2.72. The Kier molecular flexibility index (Phi) is 5.73. The fourth-order valence-corrected chi connectivity index (χ4v) is 3.00. The molecule has 0 fully saturated rings. The lowest BCUT2D eigenvalue weighted by atomic mass is 9.95. The minimum absolute atomic E-state index is 0.0225. The number of ether oxygens (including phenoxy) is 2. The lowest BCUT2D eigenvalue weighted by Gasteiger charge is -2.17. The van der Waals surface area contributed by atoms with Crippen molar-refractivity contribution in [3.8, 4) is 34.8 Å². The van der Waals surface area contributed by atoms with Crippen LogP contribution >= 0.6 is 11.6 Å². The predicted octanol–water partition coefficient (Wildman–Crippen LogP) is 3.61. The van der Waals surface area contributed by atoms with Crippen LogP contribution < -0.4 is 20.8 Å². The van der Waals surface area contributed by atoms with Crippen LogP contribution in [0.15, 0.2) is 47.3 Å². The van der Waals surface area contributed by atoms with Gasteiger partial charge in [0.15, 0.2) is 11.5 Å². The number of pyridine rings is 1. The number of para-hydroxylation sites is 1. The average molecular weight is 407 g/mol. The fraction of sp³-hybridized carbons (Fsp3) is 0.0952. The minimum atomic E-state index is -0.689. The molecule has 3 rings (SSSR count). The Morgan fingerprint density at radius 3 is 2.41 bits per heavy atom. The van der Waals surface area contributed by atoms with Crippen LogP contribution in [0.25, 0.3) is 11.1 Å². The van der Waals surface area contributed by atoms with E-state index in [4.69, 9.17) is 26.8 Å². The van der Waals surface area contributed by atoms with Gasteiger partial charge in [-0.3, -0.25) is 4.79 Å². The molecule has 1 aromatic heterocycles. The van der Waals surface area contributed by atoms with Crippen molar-refractivity contribution in [3.05, 3.63) is 74.5 Å². The number of methoxy groups -OCH3 is 1. The number of rotatable bonds is 5. The smallest absolute Gasteiger partial charge is 0.268 e. The topological polar surface area (TPSA) is 125 Å². The second-order valence-electron chi connectivity index (χ2n) is 5.97. The molecule has 0 aliphatic heterocycles. The monoisotopic (exact) mass is 406 g/mol. The van der Waals surface area contributed by atoms with Gasteiger partial charge in [-0.15, -0.1) is 0 Å². The van der Waals surface area contributed by atoms with Crippen LogP contribution in [0, 0.1) is 22.7 Å². The number of nitrogen functional groups attached to an aromatic ring is 1. The van der Waals surface area contributed by atoms with Crippen LogP contribution in [-0.2, 0) is 6.61 Å². The highest BCUT2D eigenvalue weighted by atomic mass is 35.5. The van der Waals surface area contributed by atoms with Crippen molar-refractivity contribution in [1.82, 2.24) is 4.98 Å². The van der Waals surface area contributed by atoms with Gasteiger partial charge < -0.3 is 20.2 Å². The first-order valence-electron chi connectivity index (χ1n) is 8.40. The Hall–Kier alpha value is -3.94. The number of halogens is 1. The van der Waals surface area contributed by atoms with Gasteiger partial charge in [0, 0.05) is 16.1 Å². The summed E-state index contributed by atoms with van der Waals surface area (Å²) in [6.45, 7) is 0.174. The molecule has 144 valence electrons. The summed E-state index contributed by atoms with van der Waals surface area (Å²) in [5, 5.41) is 19.7. The van der Waals surface area contributed by atoms with E-state index in [1.165, 1.54) is 7.11 Å². The number of aromatic nitrogens is 1. The summed E-state index contributed by atoms with van der Waals surface area (Å²) in [5.74, 6) is 0.531. The van der Waals surface area contributed by atoms with Crippen LogP contribution in [0.4, 0.5) is 5.82 Å². The molecule has 7 nitrogen and oxygen atoms in total. The van der Waals surface area contributed by atoms with E-state index in [1.54, 1.807) is 30.3 Å². The summed E-state index contributed by atoms with van der Waals surface area (Å²) >= 11 is 5.91. The molecular weight excluding hydrogens is 392 g/mol. The van der Waals surface area contributed by atoms with Crippen molar-refractivity contribution in [1.29, 1.82) is 10.5 Å². The van der Waals surface area contributed by atoms with E-state index < -0.39 is 5.56 Å². The van der Waals surface area contributed by atoms with Crippen molar-refractivity contribution in [2.45, 2.75) is 6.61 Å². The molecule has 0 saturated heterocycles. The van der Waals surface area contributed by atoms with Gasteiger partial charge in [-0.25, -0.2) is 0 Å². The number of nitrogens with one attached hydrogen (secondary N) is 1. The Bertz CT molecular complexity index is 1200. The molecule has 0 aliphatic rings. The minimum Gasteiger partial charge on any atom is -0.493 e. The number of aromatic amines is 1. The second-order valence-corrected chi connectivity index (χ2v) is 6.40. The van der Waals surface area contributed by atoms with Gasteiger partial charge in [-0.05, 0) is 23.8 Å². The number of hydrogen-bond donors (Lipinski definition) is 2. The highest BCUT2D eigenvalue weighted by Crippen LogP contribution is 2.41. The maximum Gasteiger partial charge on any atom is 0.268 e. The van der Waals surface area contributed by atoms with Gasteiger partial charge >= 0.3 is 0 Å². The molecule has 8 heteroatoms. The molecule has 0 amide bonds. The van der Waals surface area contributed by atoms with Gasteiger partial charge in [0.2, 0.25) is 0 Å². The normalized spacial score (nSPS) is 10.1. The number of nitriles is 2. The van der Waals surface area contributed by atoms with E-state index in [2.05, 4.69) is 4.98 Å². The van der Waals surface area contributed by atoms with E-state index in [-0.39, 0.29) is 34.9 Å². The third kappa shape index (κ3) is 3.86. The zero-order chi connectivity index (χ0) is 21.0. The molecule has 3 N–H and O–H groups in total. The lowest BCUT2D eigenvalue weighted by Crippen LogP contribution is -2.16. The highest BCUT2D eigenvalue weighted by molar-refractivity contribution is 6.30. The van der Waals surface area contributed by atoms with Crippen LogP contribution in [0.2, 0.25) is 5.02 Å². The van der Waals surface area contributed by atoms with Crippen LogP contribution in [0.5, 0.6) is 11.5 Å². The standard InChI is InChI=1S/C21H15ClN4O3/c1-28-17-4-2-3-14(19(17)29-11-12-5-7-13(22)8-6-12)18-15(9-23)20(25)26-21(27)16(18)10-24/h2-8H,11H2,1H3,(H3,25,26,27). The van der Waals surface area contributed by atoms with Gasteiger partial charge in [0.1, 0.15) is 35.7 Å². The number of benzene rings is 2. The summed E-state index contributed by atoms with van der Waals surface area (Å²) in [5.41, 5.74) is 6.17. The highest BCUT2D eigenvalue weighted by Gasteiger charge is 2.23. The summed E-state index contributed by atoms with van der Waals surface area (Å²) in [4.78, 5) is 14.6. The molecule has 1 heterocycles. The van der Waals surface area contributed by atoms with Gasteiger partial charge in [-0.1, -0.05) is 35.9 Å². The summed E-state index contributed by atoms with van der Waals surface area (Å²) in [6.07, 6.45) is 0. The second kappa shape index (κ2) is 8.39. The molecule has 0 atom stereocenters. The van der Waals surface area contributed by atoms with E-state index in [1.807, 2.05) is 24.3 Å². The molecule has 0 unspecified atom stereocenters. The van der Waals surface area contributed by atoms with Gasteiger partial charge in [0.05, 0.1) is 7.11 Å². The zero-order valence-corrected chi connectivity index (χ0v) is 16.1. The number of nitrogens with zero attached hydrogens (tertiary/aromatic N) is 2. The first kappa shape index (κ1) is 19.8. The zero-order valence-electron chi connectivity index (χ0n) is 15.3. The van der Waals surface area contributed by atoms with Gasteiger partial charge in [0.25, 0.3) is 5.56 Å². The number of hydrogen-bond acceptors (Lipinski definition) is 6. The molecule has 3 aromatic rings. The van der Waals surface area contributed by atoms with E-state index in [9.17, 15) is 15.3 Å². The Balaban J connectivity index is 2.19. The predicted molar refractivity (Wildman–Crippen MR) is 109 cm³/mol. The molecule has 0 bridgehead atoms. The third-order valence-corrected chi connectivity index (χ3v) is 4.48. The number of H-pyrrole nitrogens is 1. The quantitative estimate of drug-likeness (QED) is 0.666. The van der Waals surface area contributed by atoms with Crippen LogP contribution in [0.3, 0.4) is 0 Å². The van der Waals surface area contributed by atoms with Crippen LogP contribution in [-0.4, -0.2) is 12.1 Å². The Labute approximate surface area is 171 Å². The molecule has 2 aromatic carbocycles. The lowest BCUT2D eigenvalue weighted by molar-refractivity contribution is 0.286. The van der Waals surface area contributed by atoms with Gasteiger partial charge in [-0.2, -0.15) is 10.5 Å². The summed E-state index contributed by atoms with van der Waals surface area (Å²) < 4.78 is 11.4. The first-order chi connectivity index (χ1) is 14.0. The Morgan fingerprint density at radius 2 is 1.79 bits per heavy atom. The van der Waals surface area contributed by atoms with Crippen molar-refractivity contribution in [2.75, 3.05) is 12.8 Å².